The summed E-state index contributed by atoms with van der Waals surface area (Å²) < 4.78 is 3.91. The number of benzene rings is 4. The Kier molecular flexibility index (Phi) is 13.3. The van der Waals surface area contributed by atoms with Crippen LogP contribution in [0, 0.1) is 20.2 Å². The molecule has 0 saturated carbocycles. The number of hydrogen-bond donors (Lipinski definition) is 0. The monoisotopic (exact) mass is 962 g/mol. The molecule has 0 aliphatic carbocycles. The van der Waals surface area contributed by atoms with Crippen LogP contribution in [-0.4, -0.2) is 58.1 Å². The maximum Gasteiger partial charge on any atom is 0.280 e. The lowest BCUT2D eigenvalue weighted by atomic mass is 9.88. The molecule has 0 bridgehead atoms. The predicted octanol–water partition coefficient (Wildman–Crippen LogP) is 12.1. The van der Waals surface area contributed by atoms with Gasteiger partial charge in [0.05, 0.1) is 66.6 Å². The van der Waals surface area contributed by atoms with E-state index in [1.54, 1.807) is 0 Å². The Bertz CT molecular complexity index is 3060. The molecule has 2 unspecified atom stereocenters. The van der Waals surface area contributed by atoms with E-state index in [-0.39, 0.29) is 30.2 Å². The van der Waals surface area contributed by atoms with Gasteiger partial charge in [-0.05, 0) is 83.9 Å². The van der Waals surface area contributed by atoms with Crippen LogP contribution < -0.4 is 0 Å². The quantitative estimate of drug-likeness (QED) is 0.0606. The van der Waals surface area contributed by atoms with Gasteiger partial charge in [-0.15, -0.1) is 22.7 Å². The van der Waals surface area contributed by atoms with Crippen molar-refractivity contribution in [2.75, 3.05) is 13.1 Å². The van der Waals surface area contributed by atoms with Crippen molar-refractivity contribution in [3.05, 3.63) is 257 Å². The van der Waals surface area contributed by atoms with Gasteiger partial charge in [0.15, 0.2) is 5.78 Å². The van der Waals surface area contributed by atoms with Gasteiger partial charge in [-0.3, -0.25) is 25.0 Å². The van der Waals surface area contributed by atoms with Crippen molar-refractivity contribution in [1.82, 2.24) is 29.4 Å². The largest absolute Gasteiger partial charge is 0.353 e. The number of thiophene rings is 2. The number of para-hydroxylation sites is 2. The maximum absolute atomic E-state index is 15.6. The topological polar surface area (TPSA) is 145 Å². The number of hydrogen-bond acceptors (Lipinski definition) is 11. The normalized spacial score (nSPS) is 14.3. The van der Waals surface area contributed by atoms with Crippen molar-refractivity contribution < 1.29 is 14.6 Å². The molecular weight excluding hydrogens is 917 g/mol. The molecule has 70 heavy (non-hydrogen) atoms. The van der Waals surface area contributed by atoms with Gasteiger partial charge in [-0.25, -0.2) is 9.36 Å². The van der Waals surface area contributed by atoms with Crippen LogP contribution in [-0.2, 0) is 17.6 Å². The molecular formula is C55H46N8O5S2. The lowest BCUT2D eigenvalue weighted by Gasteiger charge is -2.30. The first-order valence-corrected chi connectivity index (χ1v) is 24.6. The highest BCUT2D eigenvalue weighted by molar-refractivity contribution is 7.11. The van der Waals surface area contributed by atoms with Crippen LogP contribution in [0.15, 0.2) is 193 Å². The highest BCUT2D eigenvalue weighted by Crippen LogP contribution is 2.39. The van der Waals surface area contributed by atoms with Gasteiger partial charge >= 0.3 is 0 Å². The molecule has 6 heterocycles. The third-order valence-electron chi connectivity index (χ3n) is 12.3. The van der Waals surface area contributed by atoms with E-state index in [9.17, 15) is 20.2 Å². The standard InChI is InChI=1S/C55H46N8O5S2/c64-55(49(53-31-47(37-69-53)62(65)66)35-58-25-13-19-41(33-58)51-29-43(27-39-15-5-1-6-16-39)56-60(51)45-21-9-3-10-22-45)50(54-32-48(38-70-54)63(67)68)36-59-26-14-20-42(34-59)52-30-44(28-40-17-7-2-8-18-40)57-61(52)46-23-11-4-12-24-46/h1-18,21-26,29-34,37-38,49-50H,19-20,27-28,35-36H2. The predicted molar refractivity (Wildman–Crippen MR) is 275 cm³/mol. The highest BCUT2D eigenvalue weighted by Gasteiger charge is 2.36. The molecule has 2 aliphatic heterocycles. The number of carbonyl (C=O) groups is 1. The number of nitro groups is 2. The molecule has 2 aliphatic rings. The van der Waals surface area contributed by atoms with Gasteiger partial charge in [0.1, 0.15) is 0 Å². The van der Waals surface area contributed by atoms with Crippen LogP contribution in [0.2, 0.25) is 0 Å². The summed E-state index contributed by atoms with van der Waals surface area (Å²) in [5, 5.41) is 37.3. The Balaban J connectivity index is 0.995. The summed E-state index contributed by atoms with van der Waals surface area (Å²) in [7, 11) is 0. The van der Waals surface area contributed by atoms with Gasteiger partial charge < -0.3 is 9.80 Å². The number of rotatable bonds is 18. The molecule has 4 aromatic carbocycles. The van der Waals surface area contributed by atoms with Gasteiger partial charge in [0.25, 0.3) is 11.4 Å². The van der Waals surface area contributed by atoms with E-state index in [2.05, 4.69) is 36.4 Å². The summed E-state index contributed by atoms with van der Waals surface area (Å²) in [5.74, 6) is -1.92. The minimum absolute atomic E-state index is 0.0996. The molecule has 0 radical (unpaired) electrons. The summed E-state index contributed by atoms with van der Waals surface area (Å²) in [6, 6.07) is 47.5. The van der Waals surface area contributed by atoms with E-state index in [1.165, 1.54) is 45.6 Å². The van der Waals surface area contributed by atoms with Gasteiger partial charge in [-0.2, -0.15) is 10.2 Å². The second kappa shape index (κ2) is 20.5. The van der Waals surface area contributed by atoms with Crippen LogP contribution in [0.4, 0.5) is 11.4 Å². The van der Waals surface area contributed by atoms with E-state index < -0.39 is 21.7 Å². The third-order valence-corrected chi connectivity index (χ3v) is 14.4. The molecule has 13 nitrogen and oxygen atoms in total. The minimum Gasteiger partial charge on any atom is -0.353 e. The van der Waals surface area contributed by atoms with Crippen molar-refractivity contribution in [1.29, 1.82) is 0 Å². The maximum atomic E-state index is 15.6. The number of allylic oxidation sites excluding steroid dienone is 4. The number of ketones is 1. The molecule has 0 fully saturated rings. The number of Topliss-reactive ketones (excluding diaryl/α,β-unsaturated/α-hetero) is 1. The Morgan fingerprint density at radius 2 is 0.943 bits per heavy atom. The molecule has 10 rings (SSSR count). The second-order valence-corrected chi connectivity index (χ2v) is 19.1. The number of carbonyl (C=O) groups excluding carboxylic acids is 1. The van der Waals surface area contributed by atoms with Crippen molar-refractivity contribution in [2.24, 2.45) is 0 Å². The van der Waals surface area contributed by atoms with Crippen LogP contribution in [0.5, 0.6) is 0 Å². The van der Waals surface area contributed by atoms with E-state index in [0.29, 0.717) is 35.4 Å². The zero-order valence-corrected chi connectivity index (χ0v) is 39.4. The summed E-state index contributed by atoms with van der Waals surface area (Å²) >= 11 is 2.34. The average molecular weight is 963 g/mol. The first kappa shape index (κ1) is 45.5. The van der Waals surface area contributed by atoms with Crippen molar-refractivity contribution in [3.8, 4) is 11.4 Å². The highest BCUT2D eigenvalue weighted by atomic mass is 32.1. The van der Waals surface area contributed by atoms with Crippen molar-refractivity contribution >= 4 is 51.0 Å². The smallest absolute Gasteiger partial charge is 0.280 e. The minimum atomic E-state index is -0.852. The van der Waals surface area contributed by atoms with Crippen LogP contribution >= 0.6 is 22.7 Å². The fourth-order valence-corrected chi connectivity index (χ4v) is 10.9. The summed E-state index contributed by atoms with van der Waals surface area (Å²) in [6.45, 7) is 0.322. The van der Waals surface area contributed by atoms with Gasteiger partial charge in [-0.1, -0.05) is 109 Å². The molecule has 2 atom stereocenters. The lowest BCUT2D eigenvalue weighted by Crippen LogP contribution is -2.33. The summed E-state index contributed by atoms with van der Waals surface area (Å²) in [6.07, 6.45) is 14.5. The Morgan fingerprint density at radius 3 is 1.31 bits per heavy atom. The van der Waals surface area contributed by atoms with Crippen molar-refractivity contribution in [3.63, 3.8) is 0 Å². The zero-order chi connectivity index (χ0) is 48.0. The molecule has 8 aromatic rings. The molecule has 0 spiro atoms. The van der Waals surface area contributed by atoms with E-state index in [1.807, 2.05) is 153 Å². The first-order chi connectivity index (χ1) is 34.2. The van der Waals surface area contributed by atoms with Crippen LogP contribution in [0.3, 0.4) is 0 Å². The number of aromatic nitrogens is 4. The van der Waals surface area contributed by atoms with Gasteiger partial charge in [0.2, 0.25) is 0 Å². The molecule has 348 valence electrons. The van der Waals surface area contributed by atoms with Crippen LogP contribution in [0.25, 0.3) is 22.5 Å². The van der Waals surface area contributed by atoms with Gasteiger partial charge in [0, 0.05) is 60.2 Å². The lowest BCUT2D eigenvalue weighted by molar-refractivity contribution is -0.384. The average Bonchev–Trinajstić information content (AvgIpc) is 4.24. The summed E-state index contributed by atoms with van der Waals surface area (Å²) in [5.41, 5.74) is 9.47. The SMILES string of the molecule is O=C(C(CN1C=CCC(c2cc(Cc3ccccc3)nn2-c2ccccc2)=C1)c1cc([N+](=O)[O-])cs1)C(CN1C=CCC(c2cc(Cc3ccccc3)nn2-c2ccccc2)=C1)c1cc([N+](=O)[O-])cs1. The second-order valence-electron chi connectivity index (χ2n) is 17.2. The molecule has 0 amide bonds. The fourth-order valence-electron chi connectivity index (χ4n) is 8.97. The van der Waals surface area contributed by atoms with Crippen molar-refractivity contribution in [2.45, 2.75) is 37.5 Å². The molecule has 15 heteroatoms. The number of nitrogens with zero attached hydrogens (tertiary/aromatic N) is 8. The Hall–Kier alpha value is -8.27. The third kappa shape index (κ3) is 10.3. The Morgan fingerprint density at radius 1 is 0.557 bits per heavy atom. The molecule has 0 N–H and O–H groups in total. The summed E-state index contributed by atoms with van der Waals surface area (Å²) in [4.78, 5) is 43.9. The van der Waals surface area contributed by atoms with E-state index in [4.69, 9.17) is 10.2 Å². The first-order valence-electron chi connectivity index (χ1n) is 22.9. The van der Waals surface area contributed by atoms with E-state index >= 15 is 4.79 Å². The molecule has 4 aromatic heterocycles. The van der Waals surface area contributed by atoms with Crippen LogP contribution in [0.1, 0.15) is 68.3 Å². The fraction of sp³-hybridized carbons (Fsp3) is 0.145. The Labute approximate surface area is 412 Å². The zero-order valence-electron chi connectivity index (χ0n) is 37.8. The van der Waals surface area contributed by atoms with E-state index in [0.717, 1.165) is 56.4 Å². The molecule has 0 saturated heterocycles.